The molecule has 1 rings (SSSR count). The predicted octanol–water partition coefficient (Wildman–Crippen LogP) is 10.2. The molecule has 66 heavy (non-hydrogen) atoms. The first-order valence-corrected chi connectivity index (χ1v) is 25.2. The van der Waals surface area contributed by atoms with Gasteiger partial charge in [0, 0.05) is 6.61 Å². The smallest absolute Gasteiger partial charge is 0.457 e. The average molecular weight is 941 g/mol. The van der Waals surface area contributed by atoms with Gasteiger partial charge in [-0.15, -0.1) is 0 Å². The normalized spacial score (nSPS) is 22.7. The van der Waals surface area contributed by atoms with Gasteiger partial charge < -0.3 is 39.9 Å². The van der Waals surface area contributed by atoms with Gasteiger partial charge in [-0.25, -0.2) is 4.57 Å². The van der Waals surface area contributed by atoms with E-state index in [1.54, 1.807) is 6.08 Å². The van der Waals surface area contributed by atoms with Crippen LogP contribution in [0.5, 0.6) is 0 Å². The van der Waals surface area contributed by atoms with Crippen molar-refractivity contribution >= 4 is 13.8 Å². The molecule has 1 aliphatic carbocycles. The van der Waals surface area contributed by atoms with Gasteiger partial charge in [0.05, 0.1) is 19.6 Å². The topological polar surface area (TPSA) is 192 Å². The van der Waals surface area contributed by atoms with E-state index in [1.807, 2.05) is 18.2 Å². The first kappa shape index (κ1) is 60.2. The molecule has 1 saturated carbocycles. The van der Waals surface area contributed by atoms with Crippen molar-refractivity contribution in [2.75, 3.05) is 19.8 Å². The molecule has 0 saturated heterocycles. The highest BCUT2D eigenvalue weighted by Gasteiger charge is 2.51. The summed E-state index contributed by atoms with van der Waals surface area (Å²) in [7, 11) is -5.07. The first-order valence-electron chi connectivity index (χ1n) is 23.7. The van der Waals surface area contributed by atoms with Gasteiger partial charge in [0.25, 0.3) is 0 Å². The van der Waals surface area contributed by atoms with Crippen molar-refractivity contribution in [1.82, 2.24) is 0 Å². The monoisotopic (exact) mass is 941 g/mol. The Balaban J connectivity index is 2.48. The van der Waals surface area contributed by atoms with Crippen molar-refractivity contribution < 1.29 is 58.3 Å². The highest BCUT2D eigenvalue weighted by atomic mass is 31.2. The van der Waals surface area contributed by atoms with Crippen molar-refractivity contribution in [2.45, 2.75) is 159 Å². The second kappa shape index (κ2) is 41.4. The number of allylic oxidation sites excluding steroid dienone is 23. The summed E-state index contributed by atoms with van der Waals surface area (Å²) in [6.07, 6.45) is 50.9. The van der Waals surface area contributed by atoms with Crippen LogP contribution in [0.2, 0.25) is 0 Å². The van der Waals surface area contributed by atoms with Crippen LogP contribution in [0.4, 0.5) is 0 Å². The Labute approximate surface area is 395 Å². The van der Waals surface area contributed by atoms with Crippen molar-refractivity contribution in [3.05, 3.63) is 146 Å². The van der Waals surface area contributed by atoms with Crippen molar-refractivity contribution in [3.63, 3.8) is 0 Å². The number of unbranched alkanes of at least 4 members (excludes halogenated alkanes) is 2. The number of carbonyl (C=O) groups excluding carboxylic acids is 1. The summed E-state index contributed by atoms with van der Waals surface area (Å²) in [6.45, 7) is 3.78. The number of carbonyl (C=O) groups is 1. The maximum Gasteiger partial charge on any atom is 0.472 e. The first-order chi connectivity index (χ1) is 32.0. The number of rotatable bonds is 37. The maximum absolute atomic E-state index is 12.8. The zero-order valence-electron chi connectivity index (χ0n) is 39.4. The predicted molar refractivity (Wildman–Crippen MR) is 266 cm³/mol. The third-order valence-corrected chi connectivity index (χ3v) is 10.7. The van der Waals surface area contributed by atoms with Gasteiger partial charge >= 0.3 is 13.8 Å². The Bertz CT molecular complexity index is 1640. The molecule has 370 valence electrons. The lowest BCUT2D eigenvalue weighted by molar-refractivity contribution is -0.220. The molecule has 1 aliphatic rings. The summed E-state index contributed by atoms with van der Waals surface area (Å²) in [5.41, 5.74) is 0. The summed E-state index contributed by atoms with van der Waals surface area (Å²) in [5.74, 6) is -0.627. The number of aliphatic hydroxyl groups excluding tert-OH is 5. The summed E-state index contributed by atoms with van der Waals surface area (Å²) >= 11 is 0. The van der Waals surface area contributed by atoms with Crippen LogP contribution in [-0.2, 0) is 27.9 Å². The molecule has 12 nitrogen and oxygen atoms in total. The van der Waals surface area contributed by atoms with Gasteiger partial charge in [0.2, 0.25) is 0 Å². The molecule has 6 atom stereocenters. The Morgan fingerprint density at radius 1 is 0.485 bits per heavy atom. The zero-order valence-corrected chi connectivity index (χ0v) is 40.3. The molecule has 0 heterocycles. The van der Waals surface area contributed by atoms with Crippen LogP contribution in [0, 0.1) is 0 Å². The highest BCUT2D eigenvalue weighted by Crippen LogP contribution is 2.47. The standard InChI is InChI=1S/C53H81O12P/c1-3-5-7-9-11-13-15-17-19-20-21-22-23-24-25-26-27-29-31-33-35-37-39-41-43-62-44-46(45-63-66(60,61)65-53-51(58)49(56)48(55)50(57)52(53)59)64-47(54)42-40-38-36-34-32-30-28-18-16-14-12-10-8-6-4-2/h5-8,11-14,17-19,21-22,24-25,27-29,32-35,38,40,46,48-53,55-59H,3-4,9-10,15-16,20,23,26,30-31,36-37,39,41-45H2,1-2H3,(H,60,61)/b7-5-,8-6-,13-11-,14-12-,19-17-,22-21-,25-24-,28-18-,29-27-,34-32-,35-33-,40-38-. The summed E-state index contributed by atoms with van der Waals surface area (Å²) < 4.78 is 34.0. The molecule has 6 N–H and O–H groups in total. The molecule has 0 bridgehead atoms. The number of hydrogen-bond donors (Lipinski definition) is 6. The van der Waals surface area contributed by atoms with E-state index >= 15 is 0 Å². The van der Waals surface area contributed by atoms with Gasteiger partial charge in [-0.2, -0.15) is 0 Å². The molecule has 0 spiro atoms. The fourth-order valence-corrected chi connectivity index (χ4v) is 7.03. The van der Waals surface area contributed by atoms with E-state index in [-0.39, 0.29) is 13.0 Å². The molecule has 0 aromatic rings. The van der Waals surface area contributed by atoms with Crippen LogP contribution in [0.3, 0.4) is 0 Å². The SMILES string of the molecule is CC/C=C\C/C=C\C/C=C\C/C=C\C/C=C\C/C=C\C/C=C\CCCCOCC(COP(=O)(O)OC1C(O)C(O)C(O)C(O)C1O)OC(=O)C/C=C\C/C=C\C/C=C\C/C=C\C/C=C\CC. The quantitative estimate of drug-likeness (QED) is 0.0150. The molecular weight excluding hydrogens is 860 g/mol. The van der Waals surface area contributed by atoms with Crippen molar-refractivity contribution in [3.8, 4) is 0 Å². The van der Waals surface area contributed by atoms with Gasteiger partial charge in [-0.3, -0.25) is 13.8 Å². The van der Waals surface area contributed by atoms with E-state index in [9.17, 15) is 39.8 Å². The van der Waals surface area contributed by atoms with Crippen LogP contribution in [0.1, 0.15) is 117 Å². The fourth-order valence-electron chi connectivity index (χ4n) is 6.06. The third-order valence-electron chi connectivity index (χ3n) is 9.74. The van der Waals surface area contributed by atoms with Crippen LogP contribution in [0.25, 0.3) is 0 Å². The third kappa shape index (κ3) is 32.8. The molecule has 0 aliphatic heterocycles. The molecule has 13 heteroatoms. The van der Waals surface area contributed by atoms with E-state index < -0.39 is 63.1 Å². The Morgan fingerprint density at radius 2 is 0.833 bits per heavy atom. The number of ether oxygens (including phenoxy) is 2. The molecule has 0 aromatic heterocycles. The maximum atomic E-state index is 12.8. The number of phosphoric ester groups is 1. The molecule has 1 fully saturated rings. The second-order valence-corrected chi connectivity index (χ2v) is 16.9. The second-order valence-electron chi connectivity index (χ2n) is 15.5. The summed E-state index contributed by atoms with van der Waals surface area (Å²) in [4.78, 5) is 23.1. The Hall–Kier alpha value is -3.78. The Kier molecular flexibility index (Phi) is 37.8. The lowest BCUT2D eigenvalue weighted by atomic mass is 9.85. The molecule has 0 aromatic carbocycles. The van der Waals surface area contributed by atoms with E-state index in [0.29, 0.717) is 19.4 Å². The number of esters is 1. The van der Waals surface area contributed by atoms with Gasteiger partial charge in [-0.1, -0.05) is 160 Å². The average Bonchev–Trinajstić information content (AvgIpc) is 3.30. The van der Waals surface area contributed by atoms with E-state index in [4.69, 9.17) is 18.5 Å². The molecule has 6 unspecified atom stereocenters. The van der Waals surface area contributed by atoms with E-state index in [1.165, 1.54) is 0 Å². The number of aliphatic hydroxyl groups is 5. The summed E-state index contributed by atoms with van der Waals surface area (Å²) in [6, 6.07) is 0. The van der Waals surface area contributed by atoms with Gasteiger partial charge in [0.1, 0.15) is 42.7 Å². The van der Waals surface area contributed by atoms with Crippen molar-refractivity contribution in [2.24, 2.45) is 0 Å². The lowest BCUT2D eigenvalue weighted by Gasteiger charge is -2.41. The minimum Gasteiger partial charge on any atom is -0.457 e. The van der Waals surface area contributed by atoms with Crippen LogP contribution in [0.15, 0.2) is 146 Å². The molecular formula is C53H81O12P. The number of phosphoric acid groups is 1. The van der Waals surface area contributed by atoms with Crippen LogP contribution >= 0.6 is 7.82 Å². The van der Waals surface area contributed by atoms with Gasteiger partial charge in [-0.05, 0) is 96.3 Å². The lowest BCUT2D eigenvalue weighted by Crippen LogP contribution is -2.64. The minimum absolute atomic E-state index is 0.0687. The zero-order chi connectivity index (χ0) is 48.4. The van der Waals surface area contributed by atoms with Gasteiger partial charge in [0.15, 0.2) is 0 Å². The van der Waals surface area contributed by atoms with Crippen LogP contribution in [-0.4, -0.2) is 98.9 Å². The van der Waals surface area contributed by atoms with E-state index in [0.717, 1.165) is 83.5 Å². The molecule has 0 radical (unpaired) electrons. The Morgan fingerprint density at radius 3 is 1.23 bits per heavy atom. The number of hydrogen-bond acceptors (Lipinski definition) is 11. The van der Waals surface area contributed by atoms with Crippen molar-refractivity contribution in [1.29, 1.82) is 0 Å². The highest BCUT2D eigenvalue weighted by molar-refractivity contribution is 7.47. The molecule has 0 amide bonds. The largest absolute Gasteiger partial charge is 0.472 e. The fraction of sp³-hybridized carbons (Fsp3) is 0.528. The van der Waals surface area contributed by atoms with Crippen LogP contribution < -0.4 is 0 Å². The minimum atomic E-state index is -5.07. The summed E-state index contributed by atoms with van der Waals surface area (Å²) in [5, 5.41) is 50.2. The van der Waals surface area contributed by atoms with E-state index in [2.05, 4.69) is 135 Å².